The molecule has 1 atom stereocenters. The molecule has 0 rings (SSSR count). The van der Waals surface area contributed by atoms with Crippen molar-refractivity contribution in [3.63, 3.8) is 0 Å². The maximum Gasteiger partial charge on any atom is 0.303 e. The summed E-state index contributed by atoms with van der Waals surface area (Å²) < 4.78 is 0.0541. The zero-order valence-electron chi connectivity index (χ0n) is 7.35. The minimum atomic E-state index is -0.894. The molecule has 2 nitrogen and oxygen atoms in total. The molecule has 5 heteroatoms. The van der Waals surface area contributed by atoms with E-state index in [2.05, 4.69) is 0 Å². The fourth-order valence-electron chi connectivity index (χ4n) is 0.823. The molecule has 0 aliphatic heterocycles. The number of rotatable bonds is 4. The number of carbonyl (C=O) groups is 1. The van der Waals surface area contributed by atoms with E-state index in [9.17, 15) is 4.79 Å². The summed E-state index contributed by atoms with van der Waals surface area (Å²) in [5.74, 6) is -0.894. The van der Waals surface area contributed by atoms with Crippen LogP contribution in [0.2, 0.25) is 0 Å². The Bertz CT molecular complexity index is 219. The van der Waals surface area contributed by atoms with E-state index in [1.54, 1.807) is 13.8 Å². The summed E-state index contributed by atoms with van der Waals surface area (Å²) in [7, 11) is 0. The lowest BCUT2D eigenvalue weighted by atomic mass is 9.85. The predicted octanol–water partition coefficient (Wildman–Crippen LogP) is 3.41. The molecule has 0 bridgehead atoms. The minimum absolute atomic E-state index is 0.0290. The molecule has 1 unspecified atom stereocenters. The third-order valence-electron chi connectivity index (χ3n) is 1.63. The molecule has 0 aromatic heterocycles. The Morgan fingerprint density at radius 1 is 1.54 bits per heavy atom. The van der Waals surface area contributed by atoms with Crippen LogP contribution < -0.4 is 0 Å². The zero-order valence-corrected chi connectivity index (χ0v) is 9.62. The molecule has 76 valence electrons. The Hall–Kier alpha value is 0.0800. The van der Waals surface area contributed by atoms with Crippen LogP contribution in [0, 0.1) is 5.41 Å². The number of hydrogen-bond donors (Lipinski definition) is 1. The van der Waals surface area contributed by atoms with E-state index >= 15 is 0 Å². The van der Waals surface area contributed by atoms with Crippen molar-refractivity contribution < 1.29 is 9.90 Å². The van der Waals surface area contributed by atoms with Crippen LogP contribution in [0.5, 0.6) is 0 Å². The van der Waals surface area contributed by atoms with E-state index in [-0.39, 0.29) is 10.9 Å². The Kier molecular flexibility index (Phi) is 5.11. The average molecular weight is 246 g/mol. The van der Waals surface area contributed by atoms with Crippen molar-refractivity contribution in [1.29, 1.82) is 0 Å². The van der Waals surface area contributed by atoms with Crippen molar-refractivity contribution in [2.24, 2.45) is 5.41 Å². The highest BCUT2D eigenvalue weighted by molar-refractivity contribution is 6.56. The predicted molar refractivity (Wildman–Crippen MR) is 55.5 cm³/mol. The normalized spacial score (nSPS) is 13.6. The Labute approximate surface area is 92.5 Å². The van der Waals surface area contributed by atoms with E-state index in [0.29, 0.717) is 0 Å². The third kappa shape index (κ3) is 5.40. The molecule has 0 spiro atoms. The summed E-state index contributed by atoms with van der Waals surface area (Å²) in [6.45, 7) is 3.48. The molecule has 0 aliphatic rings. The van der Waals surface area contributed by atoms with E-state index in [0.717, 1.165) is 0 Å². The molecule has 0 fully saturated rings. The maximum absolute atomic E-state index is 10.5. The second-order valence-electron chi connectivity index (χ2n) is 3.42. The molecule has 13 heavy (non-hydrogen) atoms. The van der Waals surface area contributed by atoms with Gasteiger partial charge in [-0.15, -0.1) is 11.6 Å². The van der Waals surface area contributed by atoms with Gasteiger partial charge in [-0.2, -0.15) is 0 Å². The van der Waals surface area contributed by atoms with Crippen molar-refractivity contribution in [1.82, 2.24) is 0 Å². The summed E-state index contributed by atoms with van der Waals surface area (Å²) in [5, 5.41) is 8.09. The SMILES string of the molecule is CC(C)(CC(=O)O)C(Cl)C=C(Cl)Cl. The van der Waals surface area contributed by atoms with Crippen LogP contribution in [0.1, 0.15) is 20.3 Å². The quantitative estimate of drug-likeness (QED) is 0.771. The van der Waals surface area contributed by atoms with Crippen LogP contribution >= 0.6 is 34.8 Å². The van der Waals surface area contributed by atoms with Gasteiger partial charge in [0.2, 0.25) is 0 Å². The van der Waals surface area contributed by atoms with Gasteiger partial charge in [-0.3, -0.25) is 4.79 Å². The Morgan fingerprint density at radius 2 is 2.00 bits per heavy atom. The van der Waals surface area contributed by atoms with Crippen molar-refractivity contribution in [2.45, 2.75) is 25.6 Å². The fraction of sp³-hybridized carbons (Fsp3) is 0.625. The summed E-state index contributed by atoms with van der Waals surface area (Å²) in [4.78, 5) is 10.5. The van der Waals surface area contributed by atoms with Gasteiger partial charge in [-0.1, -0.05) is 37.0 Å². The smallest absolute Gasteiger partial charge is 0.303 e. The molecular formula is C8H11Cl3O2. The Balaban J connectivity index is 4.44. The largest absolute Gasteiger partial charge is 0.481 e. The van der Waals surface area contributed by atoms with Crippen molar-refractivity contribution in [3.05, 3.63) is 10.6 Å². The van der Waals surface area contributed by atoms with Crippen LogP contribution in [0.4, 0.5) is 0 Å². The molecule has 0 heterocycles. The molecule has 0 amide bonds. The second-order valence-corrected chi connectivity index (χ2v) is 4.90. The molecule has 0 aromatic carbocycles. The molecule has 0 aliphatic carbocycles. The first kappa shape index (κ1) is 13.1. The average Bonchev–Trinajstić information content (AvgIpc) is 1.81. The number of carboxylic acids is 1. The van der Waals surface area contributed by atoms with Crippen molar-refractivity contribution in [3.8, 4) is 0 Å². The van der Waals surface area contributed by atoms with Crippen LogP contribution in [0.25, 0.3) is 0 Å². The number of halogens is 3. The van der Waals surface area contributed by atoms with Crippen LogP contribution in [0.3, 0.4) is 0 Å². The van der Waals surface area contributed by atoms with E-state index in [4.69, 9.17) is 39.9 Å². The van der Waals surface area contributed by atoms with Gasteiger partial charge < -0.3 is 5.11 Å². The summed E-state index contributed by atoms with van der Waals surface area (Å²) in [5.41, 5.74) is -0.567. The van der Waals surface area contributed by atoms with Crippen molar-refractivity contribution in [2.75, 3.05) is 0 Å². The highest BCUT2D eigenvalue weighted by Crippen LogP contribution is 2.32. The van der Waals surface area contributed by atoms with Gasteiger partial charge in [-0.25, -0.2) is 0 Å². The number of hydrogen-bond acceptors (Lipinski definition) is 1. The first-order valence-electron chi connectivity index (χ1n) is 3.64. The molecule has 0 saturated carbocycles. The van der Waals surface area contributed by atoms with Gasteiger partial charge >= 0.3 is 5.97 Å². The lowest BCUT2D eigenvalue weighted by molar-refractivity contribution is -0.139. The van der Waals surface area contributed by atoms with Gasteiger partial charge in [0.25, 0.3) is 0 Å². The van der Waals surface area contributed by atoms with E-state index in [1.807, 2.05) is 0 Å². The van der Waals surface area contributed by atoms with Gasteiger partial charge in [0.05, 0.1) is 11.8 Å². The van der Waals surface area contributed by atoms with Crippen LogP contribution in [0.15, 0.2) is 10.6 Å². The van der Waals surface area contributed by atoms with Crippen LogP contribution in [-0.2, 0) is 4.79 Å². The number of aliphatic carboxylic acids is 1. The first-order chi connectivity index (χ1) is 5.75. The van der Waals surface area contributed by atoms with Crippen LogP contribution in [-0.4, -0.2) is 16.5 Å². The number of carboxylic acid groups (broad SMARTS) is 1. The standard InChI is InChI=1S/C8H11Cl3O2/c1-8(2,4-7(12)13)5(9)3-6(10)11/h3,5H,4H2,1-2H3,(H,12,13). The summed E-state index contributed by atoms with van der Waals surface area (Å²) in [6.07, 6.45) is 1.40. The van der Waals surface area contributed by atoms with Gasteiger partial charge in [-0.05, 0) is 11.5 Å². The molecule has 0 saturated heterocycles. The summed E-state index contributed by atoms with van der Waals surface area (Å²) in [6, 6.07) is 0. The highest BCUT2D eigenvalue weighted by Gasteiger charge is 2.29. The molecule has 1 N–H and O–H groups in total. The monoisotopic (exact) mass is 244 g/mol. The molecular weight excluding hydrogens is 234 g/mol. The first-order valence-corrected chi connectivity index (χ1v) is 4.83. The number of allylic oxidation sites excluding steroid dienone is 1. The number of alkyl halides is 1. The van der Waals surface area contributed by atoms with E-state index in [1.165, 1.54) is 6.08 Å². The second kappa shape index (κ2) is 5.08. The lowest BCUT2D eigenvalue weighted by Crippen LogP contribution is -2.26. The topological polar surface area (TPSA) is 37.3 Å². The molecule has 0 aromatic rings. The third-order valence-corrected chi connectivity index (χ3v) is 2.59. The van der Waals surface area contributed by atoms with Gasteiger partial charge in [0, 0.05) is 0 Å². The molecule has 0 radical (unpaired) electrons. The lowest BCUT2D eigenvalue weighted by Gasteiger charge is -2.25. The Morgan fingerprint density at radius 3 is 2.31 bits per heavy atom. The van der Waals surface area contributed by atoms with Crippen molar-refractivity contribution >= 4 is 40.8 Å². The fourth-order valence-corrected chi connectivity index (χ4v) is 1.41. The van der Waals surface area contributed by atoms with Gasteiger partial charge in [0.1, 0.15) is 4.49 Å². The summed E-state index contributed by atoms with van der Waals surface area (Å²) >= 11 is 16.7. The van der Waals surface area contributed by atoms with Gasteiger partial charge in [0.15, 0.2) is 0 Å². The highest BCUT2D eigenvalue weighted by atomic mass is 35.5. The maximum atomic E-state index is 10.5. The zero-order chi connectivity index (χ0) is 10.6. The minimum Gasteiger partial charge on any atom is -0.481 e. The van der Waals surface area contributed by atoms with E-state index < -0.39 is 16.8 Å².